The zero-order valence-electron chi connectivity index (χ0n) is 19.3. The molecular weight excluding hydrogens is 406 g/mol. The van der Waals surface area contributed by atoms with E-state index in [1.54, 1.807) is 31.4 Å². The number of nitrogens with one attached hydrogen (secondary N) is 2. The van der Waals surface area contributed by atoms with Crippen molar-refractivity contribution < 1.29 is 19.4 Å². The number of methoxy groups -OCH3 is 1. The van der Waals surface area contributed by atoms with Gasteiger partial charge in [-0.1, -0.05) is 32.0 Å². The van der Waals surface area contributed by atoms with Crippen LogP contribution in [0.15, 0.2) is 48.5 Å². The second-order valence-corrected chi connectivity index (χ2v) is 7.72. The highest BCUT2D eigenvalue weighted by Crippen LogP contribution is 2.12. The number of carbonyl (C=O) groups excluding carboxylic acids is 2. The van der Waals surface area contributed by atoms with Crippen LogP contribution in [-0.4, -0.2) is 61.2 Å². The highest BCUT2D eigenvalue weighted by Gasteiger charge is 2.16. The molecule has 7 heteroatoms. The molecule has 3 N–H and O–H groups in total. The Labute approximate surface area is 190 Å². The van der Waals surface area contributed by atoms with Gasteiger partial charge in [-0.2, -0.15) is 0 Å². The van der Waals surface area contributed by atoms with Crippen molar-refractivity contribution in [2.24, 2.45) is 0 Å². The summed E-state index contributed by atoms with van der Waals surface area (Å²) in [6, 6.07) is 14.4. The third-order valence-corrected chi connectivity index (χ3v) is 4.99. The average Bonchev–Trinajstić information content (AvgIpc) is 2.82. The molecule has 0 aromatic heterocycles. The van der Waals surface area contributed by atoms with E-state index < -0.39 is 6.10 Å². The first-order valence-electron chi connectivity index (χ1n) is 11.2. The summed E-state index contributed by atoms with van der Waals surface area (Å²) in [4.78, 5) is 27.1. The minimum absolute atomic E-state index is 0.0647. The van der Waals surface area contributed by atoms with Crippen LogP contribution in [0.1, 0.15) is 53.0 Å². The van der Waals surface area contributed by atoms with Crippen LogP contribution in [-0.2, 0) is 6.54 Å². The highest BCUT2D eigenvalue weighted by atomic mass is 16.5. The van der Waals surface area contributed by atoms with Crippen LogP contribution in [0.4, 0.5) is 0 Å². The lowest BCUT2D eigenvalue weighted by Gasteiger charge is -2.21. The van der Waals surface area contributed by atoms with Crippen molar-refractivity contribution >= 4 is 11.8 Å². The number of hydrogen-bond donors (Lipinski definition) is 3. The van der Waals surface area contributed by atoms with Crippen molar-refractivity contribution in [3.8, 4) is 5.75 Å². The zero-order valence-corrected chi connectivity index (χ0v) is 19.3. The SMILES string of the molecule is CCCN(CCC)C(=O)c1cccc(C(=O)NCC(O)CNCc2cccc(OC)c2)c1. The number of ether oxygens (including phenoxy) is 1. The van der Waals surface area contributed by atoms with Crippen LogP contribution in [0.5, 0.6) is 5.75 Å². The van der Waals surface area contributed by atoms with E-state index in [2.05, 4.69) is 10.6 Å². The summed E-state index contributed by atoms with van der Waals surface area (Å²) >= 11 is 0. The number of carbonyl (C=O) groups is 2. The summed E-state index contributed by atoms with van der Waals surface area (Å²) in [5.41, 5.74) is 1.95. The van der Waals surface area contributed by atoms with Crippen molar-refractivity contribution in [2.45, 2.75) is 39.3 Å². The van der Waals surface area contributed by atoms with Crippen molar-refractivity contribution in [3.05, 3.63) is 65.2 Å². The van der Waals surface area contributed by atoms with E-state index >= 15 is 0 Å². The molecule has 1 unspecified atom stereocenters. The van der Waals surface area contributed by atoms with E-state index in [0.717, 1.165) is 24.2 Å². The van der Waals surface area contributed by atoms with Crippen molar-refractivity contribution in [1.82, 2.24) is 15.5 Å². The van der Waals surface area contributed by atoms with E-state index in [9.17, 15) is 14.7 Å². The molecular formula is C25H35N3O4. The van der Waals surface area contributed by atoms with Crippen LogP contribution in [0.2, 0.25) is 0 Å². The predicted octanol–water partition coefficient (Wildman–Crippen LogP) is 2.84. The monoisotopic (exact) mass is 441 g/mol. The number of rotatable bonds is 13. The molecule has 0 bridgehead atoms. The smallest absolute Gasteiger partial charge is 0.253 e. The molecule has 0 radical (unpaired) electrons. The largest absolute Gasteiger partial charge is 0.497 e. The van der Waals surface area contributed by atoms with Gasteiger partial charge in [0, 0.05) is 43.9 Å². The van der Waals surface area contributed by atoms with Crippen molar-refractivity contribution in [3.63, 3.8) is 0 Å². The summed E-state index contributed by atoms with van der Waals surface area (Å²) in [5.74, 6) is 0.402. The van der Waals surface area contributed by atoms with Gasteiger partial charge in [0.25, 0.3) is 11.8 Å². The van der Waals surface area contributed by atoms with Gasteiger partial charge in [-0.05, 0) is 48.7 Å². The van der Waals surface area contributed by atoms with E-state index in [1.165, 1.54) is 0 Å². The third kappa shape index (κ3) is 7.98. The maximum absolute atomic E-state index is 12.8. The molecule has 2 rings (SSSR count). The minimum Gasteiger partial charge on any atom is -0.497 e. The summed E-state index contributed by atoms with van der Waals surface area (Å²) < 4.78 is 5.20. The summed E-state index contributed by atoms with van der Waals surface area (Å²) in [5, 5.41) is 16.1. The summed E-state index contributed by atoms with van der Waals surface area (Å²) in [6.07, 6.45) is 1.03. The first-order chi connectivity index (χ1) is 15.5. The molecule has 32 heavy (non-hydrogen) atoms. The summed E-state index contributed by atoms with van der Waals surface area (Å²) in [6.45, 7) is 6.49. The van der Waals surface area contributed by atoms with Gasteiger partial charge in [0.15, 0.2) is 0 Å². The number of aliphatic hydroxyl groups is 1. The topological polar surface area (TPSA) is 90.9 Å². The molecule has 2 aromatic rings. The van der Waals surface area contributed by atoms with Crippen LogP contribution in [0, 0.1) is 0 Å². The van der Waals surface area contributed by atoms with Gasteiger partial charge < -0.3 is 25.4 Å². The Hall–Kier alpha value is -2.90. The van der Waals surface area contributed by atoms with E-state index in [0.29, 0.717) is 37.3 Å². The molecule has 0 fully saturated rings. The summed E-state index contributed by atoms with van der Waals surface area (Å²) in [7, 11) is 1.62. The van der Waals surface area contributed by atoms with Gasteiger partial charge in [0.2, 0.25) is 0 Å². The standard InChI is InChI=1S/C25H35N3O4/c1-4-12-28(13-5-2)25(31)21-10-7-9-20(15-21)24(30)27-18-22(29)17-26-16-19-8-6-11-23(14-19)32-3/h6-11,14-15,22,26,29H,4-5,12-13,16-18H2,1-3H3,(H,27,30). The van der Waals surface area contributed by atoms with Crippen LogP contribution in [0.3, 0.4) is 0 Å². The number of nitrogens with zero attached hydrogens (tertiary/aromatic N) is 1. The molecule has 0 heterocycles. The number of amides is 2. The first kappa shape index (κ1) is 25.4. The van der Waals surface area contributed by atoms with Gasteiger partial charge in [-0.15, -0.1) is 0 Å². The molecule has 0 saturated carbocycles. The molecule has 2 aromatic carbocycles. The molecule has 174 valence electrons. The number of benzene rings is 2. The lowest BCUT2D eigenvalue weighted by atomic mass is 10.1. The fourth-order valence-corrected chi connectivity index (χ4v) is 3.38. The Balaban J connectivity index is 1.84. The van der Waals surface area contributed by atoms with Crippen LogP contribution >= 0.6 is 0 Å². The molecule has 0 aliphatic rings. The van der Waals surface area contributed by atoms with Crippen molar-refractivity contribution in [2.75, 3.05) is 33.3 Å². The molecule has 2 amide bonds. The Bertz CT molecular complexity index is 866. The van der Waals surface area contributed by atoms with E-state index in [4.69, 9.17) is 4.74 Å². The maximum atomic E-state index is 12.8. The maximum Gasteiger partial charge on any atom is 0.253 e. The molecule has 7 nitrogen and oxygen atoms in total. The Morgan fingerprint density at radius 2 is 1.69 bits per heavy atom. The van der Waals surface area contributed by atoms with Gasteiger partial charge in [0.05, 0.1) is 13.2 Å². The highest BCUT2D eigenvalue weighted by molar-refractivity contribution is 5.99. The van der Waals surface area contributed by atoms with E-state index in [-0.39, 0.29) is 18.4 Å². The van der Waals surface area contributed by atoms with Gasteiger partial charge in [0.1, 0.15) is 5.75 Å². The van der Waals surface area contributed by atoms with E-state index in [1.807, 2.05) is 43.0 Å². The third-order valence-electron chi connectivity index (χ3n) is 4.99. The second kappa shape index (κ2) is 13.5. The van der Waals surface area contributed by atoms with Gasteiger partial charge in [-0.3, -0.25) is 9.59 Å². The molecule has 0 saturated heterocycles. The average molecular weight is 442 g/mol. The van der Waals surface area contributed by atoms with Gasteiger partial charge in [-0.25, -0.2) is 0 Å². The fourth-order valence-electron chi connectivity index (χ4n) is 3.38. The first-order valence-corrected chi connectivity index (χ1v) is 11.2. The molecule has 0 spiro atoms. The Morgan fingerprint density at radius 3 is 2.38 bits per heavy atom. The zero-order chi connectivity index (χ0) is 23.3. The molecule has 0 aliphatic heterocycles. The Kier molecular flexibility index (Phi) is 10.7. The second-order valence-electron chi connectivity index (χ2n) is 7.72. The minimum atomic E-state index is -0.737. The van der Waals surface area contributed by atoms with Crippen LogP contribution in [0.25, 0.3) is 0 Å². The number of hydrogen-bond acceptors (Lipinski definition) is 5. The normalized spacial score (nSPS) is 11.6. The quantitative estimate of drug-likeness (QED) is 0.445. The van der Waals surface area contributed by atoms with Crippen molar-refractivity contribution in [1.29, 1.82) is 0 Å². The number of aliphatic hydroxyl groups excluding tert-OH is 1. The van der Waals surface area contributed by atoms with Crippen LogP contribution < -0.4 is 15.4 Å². The lowest BCUT2D eigenvalue weighted by Crippen LogP contribution is -2.38. The Morgan fingerprint density at radius 1 is 1.00 bits per heavy atom. The fraction of sp³-hybridized carbons (Fsp3) is 0.440. The lowest BCUT2D eigenvalue weighted by molar-refractivity contribution is 0.0755. The predicted molar refractivity (Wildman–Crippen MR) is 126 cm³/mol. The molecule has 1 atom stereocenters. The molecule has 0 aliphatic carbocycles. The van der Waals surface area contributed by atoms with Gasteiger partial charge >= 0.3 is 0 Å².